The second-order valence-electron chi connectivity index (χ2n) is 4.39. The van der Waals surface area contributed by atoms with E-state index in [9.17, 15) is 0 Å². The largest absolute Gasteiger partial charge is 0.360 e. The average Bonchev–Trinajstić information content (AvgIpc) is 2.89. The van der Waals surface area contributed by atoms with E-state index in [4.69, 9.17) is 18.0 Å². The molecule has 0 radical (unpaired) electrons. The lowest BCUT2D eigenvalue weighted by atomic mass is 10.2. The van der Waals surface area contributed by atoms with E-state index in [1.807, 2.05) is 24.3 Å². The third kappa shape index (κ3) is 4.84. The van der Waals surface area contributed by atoms with E-state index in [1.165, 1.54) is 5.56 Å². The highest BCUT2D eigenvalue weighted by Crippen LogP contribution is 2.19. The second kappa shape index (κ2) is 7.88. The zero-order valence-corrected chi connectivity index (χ0v) is 12.7. The van der Waals surface area contributed by atoms with Gasteiger partial charge in [-0.1, -0.05) is 35.1 Å². The van der Waals surface area contributed by atoms with Crippen LogP contribution in [0, 0.1) is 12.3 Å². The smallest absolute Gasteiger partial charge is 0.205 e. The Morgan fingerprint density at radius 2 is 2.00 bits per heavy atom. The van der Waals surface area contributed by atoms with Crippen LogP contribution in [0.4, 0.5) is 5.13 Å². The first-order valence-corrected chi connectivity index (χ1v) is 7.71. The third-order valence-electron chi connectivity index (χ3n) is 2.76. The molecule has 0 saturated heterocycles. The summed E-state index contributed by atoms with van der Waals surface area (Å²) in [4.78, 5) is 0. The predicted octanol–water partition coefficient (Wildman–Crippen LogP) is 4.00. The Bertz CT molecular complexity index is 572. The highest BCUT2D eigenvalue weighted by Gasteiger charge is 2.04. The number of nitrogens with zero attached hydrogens (tertiary/aromatic N) is 2. The molecule has 0 unspecified atom stereocenters. The van der Waals surface area contributed by atoms with Crippen molar-refractivity contribution in [3.63, 3.8) is 0 Å². The standard InChI is InChI=1S/C15H16ClN3S/c1-2-3-4-5-10-17-15-19-18-14(20-15)11-12-6-8-13(16)9-7-12/h1,6-9H,3-5,10-11H2,(H,17,19). The quantitative estimate of drug-likeness (QED) is 0.620. The van der Waals surface area contributed by atoms with Gasteiger partial charge in [0, 0.05) is 24.4 Å². The number of halogens is 1. The number of terminal acetylenes is 1. The number of hydrogen-bond donors (Lipinski definition) is 1. The topological polar surface area (TPSA) is 37.8 Å². The van der Waals surface area contributed by atoms with Crippen LogP contribution in [0.25, 0.3) is 0 Å². The molecule has 0 amide bonds. The molecule has 0 bridgehead atoms. The van der Waals surface area contributed by atoms with Crippen molar-refractivity contribution in [2.24, 2.45) is 0 Å². The van der Waals surface area contributed by atoms with E-state index in [1.54, 1.807) is 11.3 Å². The molecule has 2 rings (SSSR count). The fourth-order valence-electron chi connectivity index (χ4n) is 1.72. The molecule has 104 valence electrons. The SMILES string of the molecule is C#CCCCCNc1nnc(Cc2ccc(Cl)cc2)s1. The van der Waals surface area contributed by atoms with Crippen molar-refractivity contribution in [3.05, 3.63) is 39.9 Å². The zero-order chi connectivity index (χ0) is 14.2. The lowest BCUT2D eigenvalue weighted by molar-refractivity contribution is 0.787. The van der Waals surface area contributed by atoms with Crippen LogP contribution >= 0.6 is 22.9 Å². The van der Waals surface area contributed by atoms with E-state index >= 15 is 0 Å². The van der Waals surface area contributed by atoms with Gasteiger partial charge in [-0.25, -0.2) is 0 Å². The third-order valence-corrected chi connectivity index (χ3v) is 3.89. The Balaban J connectivity index is 1.80. The van der Waals surface area contributed by atoms with Gasteiger partial charge in [-0.15, -0.1) is 22.5 Å². The summed E-state index contributed by atoms with van der Waals surface area (Å²) >= 11 is 7.45. The van der Waals surface area contributed by atoms with E-state index < -0.39 is 0 Å². The predicted molar refractivity (Wildman–Crippen MR) is 85.3 cm³/mol. The number of nitrogens with one attached hydrogen (secondary N) is 1. The van der Waals surface area contributed by atoms with Crippen LogP contribution < -0.4 is 5.32 Å². The van der Waals surface area contributed by atoms with Crippen molar-refractivity contribution >= 4 is 28.1 Å². The molecule has 2 aromatic rings. The highest BCUT2D eigenvalue weighted by atomic mass is 35.5. The number of unbranched alkanes of at least 4 members (excludes halogenated alkanes) is 2. The van der Waals surface area contributed by atoms with Crippen LogP contribution in [0.3, 0.4) is 0 Å². The molecule has 0 atom stereocenters. The molecule has 3 nitrogen and oxygen atoms in total. The van der Waals surface area contributed by atoms with Gasteiger partial charge in [0.15, 0.2) is 0 Å². The van der Waals surface area contributed by atoms with E-state index in [0.29, 0.717) is 0 Å². The summed E-state index contributed by atoms with van der Waals surface area (Å²) in [7, 11) is 0. The number of benzene rings is 1. The minimum absolute atomic E-state index is 0.750. The second-order valence-corrected chi connectivity index (χ2v) is 5.89. The number of rotatable bonds is 7. The summed E-state index contributed by atoms with van der Waals surface area (Å²) in [6.07, 6.45) is 8.92. The molecule has 1 N–H and O–H groups in total. The lowest BCUT2D eigenvalue weighted by Gasteiger charge is -1.99. The van der Waals surface area contributed by atoms with Crippen LogP contribution in [0.2, 0.25) is 5.02 Å². The van der Waals surface area contributed by atoms with Gasteiger partial charge in [0.05, 0.1) is 0 Å². The summed E-state index contributed by atoms with van der Waals surface area (Å²) in [5.74, 6) is 2.64. The maximum Gasteiger partial charge on any atom is 0.205 e. The van der Waals surface area contributed by atoms with E-state index in [-0.39, 0.29) is 0 Å². The van der Waals surface area contributed by atoms with Gasteiger partial charge in [0.1, 0.15) is 5.01 Å². The molecule has 0 fully saturated rings. The molecule has 0 aliphatic heterocycles. The van der Waals surface area contributed by atoms with Crippen molar-refractivity contribution in [1.29, 1.82) is 0 Å². The van der Waals surface area contributed by atoms with Crippen LogP contribution in [0.15, 0.2) is 24.3 Å². The summed E-state index contributed by atoms with van der Waals surface area (Å²) < 4.78 is 0. The Hall–Kier alpha value is -1.57. The Kier molecular flexibility index (Phi) is 5.85. The molecule has 0 aliphatic rings. The minimum atomic E-state index is 0.750. The first kappa shape index (κ1) is 14.8. The molecular weight excluding hydrogens is 290 g/mol. The maximum absolute atomic E-state index is 5.86. The van der Waals surface area contributed by atoms with Crippen molar-refractivity contribution in [1.82, 2.24) is 10.2 Å². The summed E-state index contributed by atoms with van der Waals surface area (Å²) in [5, 5.41) is 14.2. The summed E-state index contributed by atoms with van der Waals surface area (Å²) in [6, 6.07) is 7.80. The molecule has 1 aromatic carbocycles. The van der Waals surface area contributed by atoms with Crippen LogP contribution in [-0.4, -0.2) is 16.7 Å². The van der Waals surface area contributed by atoms with Crippen molar-refractivity contribution in [2.45, 2.75) is 25.7 Å². The summed E-state index contributed by atoms with van der Waals surface area (Å²) in [5.41, 5.74) is 1.19. The number of anilines is 1. The Labute approximate surface area is 128 Å². The van der Waals surface area contributed by atoms with E-state index in [0.717, 1.165) is 47.4 Å². The van der Waals surface area contributed by atoms with Crippen LogP contribution in [-0.2, 0) is 6.42 Å². The molecule has 0 spiro atoms. The van der Waals surface area contributed by atoms with Crippen LogP contribution in [0.5, 0.6) is 0 Å². The zero-order valence-electron chi connectivity index (χ0n) is 11.1. The lowest BCUT2D eigenvalue weighted by Crippen LogP contribution is -2.00. The maximum atomic E-state index is 5.86. The van der Waals surface area contributed by atoms with Crippen LogP contribution in [0.1, 0.15) is 29.8 Å². The van der Waals surface area contributed by atoms with Gasteiger partial charge in [-0.2, -0.15) is 0 Å². The van der Waals surface area contributed by atoms with Gasteiger partial charge in [0.25, 0.3) is 0 Å². The Morgan fingerprint density at radius 1 is 1.20 bits per heavy atom. The molecule has 0 aliphatic carbocycles. The van der Waals surface area contributed by atoms with Crippen molar-refractivity contribution in [2.75, 3.05) is 11.9 Å². The molecule has 0 saturated carbocycles. The average molecular weight is 306 g/mol. The van der Waals surface area contributed by atoms with E-state index in [2.05, 4.69) is 21.4 Å². The monoisotopic (exact) mass is 305 g/mol. The Morgan fingerprint density at radius 3 is 2.75 bits per heavy atom. The molecule has 5 heteroatoms. The van der Waals surface area contributed by atoms with Crippen molar-refractivity contribution < 1.29 is 0 Å². The number of hydrogen-bond acceptors (Lipinski definition) is 4. The van der Waals surface area contributed by atoms with Crippen molar-refractivity contribution in [3.8, 4) is 12.3 Å². The molecule has 20 heavy (non-hydrogen) atoms. The van der Waals surface area contributed by atoms with Gasteiger partial charge < -0.3 is 5.32 Å². The number of aromatic nitrogens is 2. The minimum Gasteiger partial charge on any atom is -0.360 e. The van der Waals surface area contributed by atoms with Gasteiger partial charge in [-0.3, -0.25) is 0 Å². The normalized spacial score (nSPS) is 10.2. The fraction of sp³-hybridized carbons (Fsp3) is 0.333. The molecule has 1 aromatic heterocycles. The van der Waals surface area contributed by atoms with Gasteiger partial charge in [0.2, 0.25) is 5.13 Å². The highest BCUT2D eigenvalue weighted by molar-refractivity contribution is 7.15. The van der Waals surface area contributed by atoms with Gasteiger partial charge in [-0.05, 0) is 30.5 Å². The fourth-order valence-corrected chi connectivity index (χ4v) is 2.65. The summed E-state index contributed by atoms with van der Waals surface area (Å²) in [6.45, 7) is 0.886. The van der Waals surface area contributed by atoms with Gasteiger partial charge >= 0.3 is 0 Å². The first-order chi connectivity index (χ1) is 9.78. The molecule has 1 heterocycles. The molecular formula is C15H16ClN3S. The first-order valence-electron chi connectivity index (χ1n) is 6.52.